The molecule has 1 rings (SSSR count). The largest absolute Gasteiger partial charge is 0.481 e. The maximum atomic E-state index is 12.1. The van der Waals surface area contributed by atoms with Gasteiger partial charge in [0.2, 0.25) is 0 Å². The standard InChI is InChI=1S/C16H26N2O3/c1-3-5-6-7-11-17-15(21)18-12-8-10-16(13-18,9-4-2)14(19)20/h1H,4-13H2,2H3,(H,17,21)(H,19,20). The summed E-state index contributed by atoms with van der Waals surface area (Å²) >= 11 is 0. The van der Waals surface area contributed by atoms with Crippen molar-refractivity contribution in [2.45, 2.75) is 51.9 Å². The van der Waals surface area contributed by atoms with Crippen molar-refractivity contribution in [1.82, 2.24) is 10.2 Å². The molecule has 1 aliphatic heterocycles. The molecule has 118 valence electrons. The van der Waals surface area contributed by atoms with E-state index in [2.05, 4.69) is 11.2 Å². The number of carboxylic acids is 1. The van der Waals surface area contributed by atoms with Crippen molar-refractivity contribution in [2.24, 2.45) is 5.41 Å². The summed E-state index contributed by atoms with van der Waals surface area (Å²) in [5.41, 5.74) is -0.770. The SMILES string of the molecule is C#CCCCCNC(=O)N1CCCC(CCC)(C(=O)O)C1. The van der Waals surface area contributed by atoms with Gasteiger partial charge in [0.05, 0.1) is 5.41 Å². The molecule has 0 aromatic carbocycles. The Morgan fingerprint density at radius 1 is 1.43 bits per heavy atom. The predicted molar refractivity (Wildman–Crippen MR) is 81.9 cm³/mol. The van der Waals surface area contributed by atoms with Gasteiger partial charge in [0.1, 0.15) is 0 Å². The molecule has 5 nitrogen and oxygen atoms in total. The molecule has 0 radical (unpaired) electrons. The van der Waals surface area contributed by atoms with Crippen LogP contribution in [0.4, 0.5) is 4.79 Å². The number of urea groups is 1. The second-order valence-electron chi connectivity index (χ2n) is 5.75. The van der Waals surface area contributed by atoms with Crippen LogP contribution in [-0.4, -0.2) is 41.6 Å². The minimum absolute atomic E-state index is 0.155. The van der Waals surface area contributed by atoms with E-state index in [9.17, 15) is 14.7 Å². The van der Waals surface area contributed by atoms with Crippen molar-refractivity contribution >= 4 is 12.0 Å². The Morgan fingerprint density at radius 3 is 2.81 bits per heavy atom. The van der Waals surface area contributed by atoms with Gasteiger partial charge in [-0.05, 0) is 32.1 Å². The van der Waals surface area contributed by atoms with Gasteiger partial charge in [-0.2, -0.15) is 0 Å². The number of terminal acetylenes is 1. The van der Waals surface area contributed by atoms with Crippen molar-refractivity contribution < 1.29 is 14.7 Å². The van der Waals surface area contributed by atoms with Crippen LogP contribution >= 0.6 is 0 Å². The summed E-state index contributed by atoms with van der Waals surface area (Å²) in [6.45, 7) is 3.52. The molecule has 1 unspecified atom stereocenters. The molecule has 2 amide bonds. The maximum Gasteiger partial charge on any atom is 0.317 e. The summed E-state index contributed by atoms with van der Waals surface area (Å²) in [5.74, 6) is 1.79. The number of hydrogen-bond acceptors (Lipinski definition) is 2. The smallest absolute Gasteiger partial charge is 0.317 e. The van der Waals surface area contributed by atoms with E-state index in [1.54, 1.807) is 4.90 Å². The van der Waals surface area contributed by atoms with Crippen LogP contribution in [0.25, 0.3) is 0 Å². The Hall–Kier alpha value is -1.70. The van der Waals surface area contributed by atoms with Crippen LogP contribution < -0.4 is 5.32 Å². The minimum atomic E-state index is -0.782. The van der Waals surface area contributed by atoms with Gasteiger partial charge in [-0.25, -0.2) is 4.79 Å². The van der Waals surface area contributed by atoms with Gasteiger partial charge in [-0.15, -0.1) is 12.3 Å². The Labute approximate surface area is 127 Å². The molecule has 0 aromatic rings. The zero-order chi connectivity index (χ0) is 15.7. The second-order valence-corrected chi connectivity index (χ2v) is 5.75. The molecule has 0 aliphatic carbocycles. The van der Waals surface area contributed by atoms with Crippen LogP contribution in [0.1, 0.15) is 51.9 Å². The fourth-order valence-electron chi connectivity index (χ4n) is 2.93. The number of unbranched alkanes of at least 4 members (excludes halogenated alkanes) is 2. The van der Waals surface area contributed by atoms with Crippen LogP contribution in [0, 0.1) is 17.8 Å². The third kappa shape index (κ3) is 4.96. The molecule has 1 atom stereocenters. The van der Waals surface area contributed by atoms with Crippen molar-refractivity contribution in [3.8, 4) is 12.3 Å². The molecule has 0 spiro atoms. The third-order valence-corrected chi connectivity index (χ3v) is 4.07. The van der Waals surface area contributed by atoms with Gasteiger partial charge >= 0.3 is 12.0 Å². The number of likely N-dealkylation sites (tertiary alicyclic amines) is 1. The lowest BCUT2D eigenvalue weighted by Crippen LogP contribution is -2.52. The Bertz CT molecular complexity index is 399. The van der Waals surface area contributed by atoms with E-state index in [-0.39, 0.29) is 6.03 Å². The molecule has 1 aliphatic rings. The van der Waals surface area contributed by atoms with Crippen LogP contribution in [0.3, 0.4) is 0 Å². The number of piperidine rings is 1. The zero-order valence-corrected chi connectivity index (χ0v) is 12.9. The van der Waals surface area contributed by atoms with Gasteiger partial charge in [-0.3, -0.25) is 4.79 Å². The summed E-state index contributed by atoms with van der Waals surface area (Å²) in [5, 5.41) is 12.4. The van der Waals surface area contributed by atoms with Crippen molar-refractivity contribution in [1.29, 1.82) is 0 Å². The fraction of sp³-hybridized carbons (Fsp3) is 0.750. The van der Waals surface area contributed by atoms with Gasteiger partial charge in [0.25, 0.3) is 0 Å². The lowest BCUT2D eigenvalue weighted by Gasteiger charge is -2.39. The van der Waals surface area contributed by atoms with E-state index in [4.69, 9.17) is 6.42 Å². The number of carbonyl (C=O) groups is 2. The summed E-state index contributed by atoms with van der Waals surface area (Å²) in [6.07, 6.45) is 10.5. The Balaban J connectivity index is 2.49. The first kappa shape index (κ1) is 17.4. The lowest BCUT2D eigenvalue weighted by atomic mass is 9.76. The van der Waals surface area contributed by atoms with Crippen LogP contribution in [0.5, 0.6) is 0 Å². The molecule has 0 saturated carbocycles. The molecule has 2 N–H and O–H groups in total. The first-order valence-electron chi connectivity index (χ1n) is 7.75. The predicted octanol–water partition coefficient (Wildman–Crippen LogP) is 2.47. The quantitative estimate of drug-likeness (QED) is 0.560. The van der Waals surface area contributed by atoms with E-state index >= 15 is 0 Å². The molecule has 1 heterocycles. The van der Waals surface area contributed by atoms with Gasteiger partial charge in [-0.1, -0.05) is 13.3 Å². The van der Waals surface area contributed by atoms with Gasteiger partial charge in [0.15, 0.2) is 0 Å². The highest BCUT2D eigenvalue weighted by atomic mass is 16.4. The number of hydrogen-bond donors (Lipinski definition) is 2. The monoisotopic (exact) mass is 294 g/mol. The van der Waals surface area contributed by atoms with E-state index in [0.717, 1.165) is 32.1 Å². The van der Waals surface area contributed by atoms with E-state index in [1.165, 1.54) is 0 Å². The fourth-order valence-corrected chi connectivity index (χ4v) is 2.93. The Kier molecular flexibility index (Phi) is 7.07. The first-order chi connectivity index (χ1) is 10.1. The van der Waals surface area contributed by atoms with E-state index < -0.39 is 11.4 Å². The summed E-state index contributed by atoms with van der Waals surface area (Å²) < 4.78 is 0. The molecule has 1 saturated heterocycles. The van der Waals surface area contributed by atoms with Crippen molar-refractivity contribution in [3.63, 3.8) is 0 Å². The number of aliphatic carboxylic acids is 1. The summed E-state index contributed by atoms with van der Waals surface area (Å²) in [6, 6.07) is -0.155. The molecule has 0 bridgehead atoms. The topological polar surface area (TPSA) is 69.6 Å². The molecule has 5 heteroatoms. The summed E-state index contributed by atoms with van der Waals surface area (Å²) in [4.78, 5) is 25.4. The normalized spacial score (nSPS) is 21.6. The second kappa shape index (κ2) is 8.56. The number of amides is 2. The minimum Gasteiger partial charge on any atom is -0.481 e. The van der Waals surface area contributed by atoms with E-state index in [1.807, 2.05) is 6.92 Å². The highest BCUT2D eigenvalue weighted by Gasteiger charge is 2.42. The molecular formula is C16H26N2O3. The molecule has 1 fully saturated rings. The number of carbonyl (C=O) groups excluding carboxylic acids is 1. The lowest BCUT2D eigenvalue weighted by molar-refractivity contribution is -0.152. The highest BCUT2D eigenvalue weighted by molar-refractivity contribution is 5.78. The highest BCUT2D eigenvalue weighted by Crippen LogP contribution is 2.35. The average molecular weight is 294 g/mol. The first-order valence-corrected chi connectivity index (χ1v) is 7.75. The van der Waals surface area contributed by atoms with E-state index in [0.29, 0.717) is 32.5 Å². The number of carboxylic acid groups (broad SMARTS) is 1. The summed E-state index contributed by atoms with van der Waals surface area (Å²) in [7, 11) is 0. The van der Waals surface area contributed by atoms with Gasteiger partial charge < -0.3 is 15.3 Å². The number of nitrogens with zero attached hydrogens (tertiary/aromatic N) is 1. The molecule has 0 aromatic heterocycles. The van der Waals surface area contributed by atoms with Crippen LogP contribution in [0.15, 0.2) is 0 Å². The molecule has 21 heavy (non-hydrogen) atoms. The number of nitrogens with one attached hydrogen (secondary N) is 1. The van der Waals surface area contributed by atoms with Gasteiger partial charge in [0, 0.05) is 26.1 Å². The average Bonchev–Trinajstić information content (AvgIpc) is 2.47. The maximum absolute atomic E-state index is 12.1. The molecular weight excluding hydrogens is 268 g/mol. The Morgan fingerprint density at radius 2 is 2.19 bits per heavy atom. The van der Waals surface area contributed by atoms with Crippen LogP contribution in [0.2, 0.25) is 0 Å². The number of rotatable bonds is 7. The zero-order valence-electron chi connectivity index (χ0n) is 12.9. The van der Waals surface area contributed by atoms with Crippen molar-refractivity contribution in [2.75, 3.05) is 19.6 Å². The van der Waals surface area contributed by atoms with Crippen LogP contribution in [-0.2, 0) is 4.79 Å². The third-order valence-electron chi connectivity index (χ3n) is 4.07. The van der Waals surface area contributed by atoms with Crippen molar-refractivity contribution in [3.05, 3.63) is 0 Å².